The molecule has 0 N–H and O–H groups in total. The first-order valence-corrected chi connectivity index (χ1v) is 10.7. The van der Waals surface area contributed by atoms with E-state index in [0.717, 1.165) is 22.6 Å². The number of rotatable bonds is 4. The topological polar surface area (TPSA) is 96.9 Å². The van der Waals surface area contributed by atoms with Gasteiger partial charge in [-0.3, -0.25) is 14.9 Å². The van der Waals surface area contributed by atoms with Crippen LogP contribution in [0.4, 0.5) is 11.4 Å². The largest absolute Gasteiger partial charge is 0.368 e. The monoisotopic (exact) mass is 442 g/mol. The van der Waals surface area contributed by atoms with Gasteiger partial charge >= 0.3 is 0 Å². The molecule has 3 heterocycles. The summed E-state index contributed by atoms with van der Waals surface area (Å²) in [5, 5.41) is 15.5. The van der Waals surface area contributed by atoms with E-state index in [1.54, 1.807) is 22.8 Å². The fourth-order valence-corrected chi connectivity index (χ4v) is 4.13. The van der Waals surface area contributed by atoms with Crippen molar-refractivity contribution in [3.05, 3.63) is 88.2 Å². The molecule has 4 aromatic rings. The standard InChI is InChI=1S/C24H22N6O3/c1-17-21(16-25-23-15-22(26-29(17)23)18-5-3-2-4-6-18)24(31)28-13-11-27(12-14-28)19-7-9-20(10-8-19)30(32)33/h2-10,15-16H,11-14H2,1H3. The number of nitrogens with zero attached hydrogens (tertiary/aromatic N) is 6. The van der Waals surface area contributed by atoms with Crippen LogP contribution >= 0.6 is 0 Å². The van der Waals surface area contributed by atoms with E-state index in [9.17, 15) is 14.9 Å². The molecule has 9 heteroatoms. The molecule has 0 radical (unpaired) electrons. The third kappa shape index (κ3) is 3.89. The molecule has 1 saturated heterocycles. The molecule has 0 unspecified atom stereocenters. The zero-order valence-corrected chi connectivity index (χ0v) is 18.1. The van der Waals surface area contributed by atoms with Crippen LogP contribution in [0.25, 0.3) is 16.9 Å². The second-order valence-electron chi connectivity index (χ2n) is 7.98. The van der Waals surface area contributed by atoms with Gasteiger partial charge in [-0.15, -0.1) is 0 Å². The maximum atomic E-state index is 13.3. The average molecular weight is 442 g/mol. The summed E-state index contributed by atoms with van der Waals surface area (Å²) in [5.74, 6) is -0.0676. The molecule has 33 heavy (non-hydrogen) atoms. The fourth-order valence-electron chi connectivity index (χ4n) is 4.13. The molecule has 0 spiro atoms. The Morgan fingerprint density at radius 3 is 2.36 bits per heavy atom. The van der Waals surface area contributed by atoms with Gasteiger partial charge < -0.3 is 9.80 Å². The number of nitro benzene ring substituents is 1. The number of piperazine rings is 1. The summed E-state index contributed by atoms with van der Waals surface area (Å²) in [4.78, 5) is 32.1. The van der Waals surface area contributed by atoms with Crippen molar-refractivity contribution in [3.8, 4) is 11.3 Å². The molecule has 5 rings (SSSR count). The quantitative estimate of drug-likeness (QED) is 0.354. The lowest BCUT2D eigenvalue weighted by Crippen LogP contribution is -2.49. The van der Waals surface area contributed by atoms with Crippen molar-refractivity contribution in [2.45, 2.75) is 6.92 Å². The molecule has 1 amide bonds. The van der Waals surface area contributed by atoms with Gasteiger partial charge in [0.1, 0.15) is 0 Å². The van der Waals surface area contributed by atoms with Crippen molar-refractivity contribution in [2.75, 3.05) is 31.1 Å². The van der Waals surface area contributed by atoms with Crippen LogP contribution in [0.2, 0.25) is 0 Å². The molecule has 0 atom stereocenters. The minimum absolute atomic E-state index is 0.0676. The number of hydrogen-bond acceptors (Lipinski definition) is 6. The maximum absolute atomic E-state index is 13.3. The van der Waals surface area contributed by atoms with Crippen LogP contribution < -0.4 is 4.90 Å². The zero-order valence-electron chi connectivity index (χ0n) is 18.1. The highest BCUT2D eigenvalue weighted by molar-refractivity contribution is 5.95. The molecule has 2 aromatic carbocycles. The van der Waals surface area contributed by atoms with Gasteiger partial charge in [0.25, 0.3) is 11.6 Å². The Labute approximate surface area is 190 Å². The molecule has 166 valence electrons. The number of anilines is 1. The third-order valence-electron chi connectivity index (χ3n) is 6.02. The molecule has 0 saturated carbocycles. The van der Waals surface area contributed by atoms with E-state index in [1.807, 2.05) is 48.2 Å². The lowest BCUT2D eigenvalue weighted by Gasteiger charge is -2.36. The van der Waals surface area contributed by atoms with Gasteiger partial charge in [-0.1, -0.05) is 30.3 Å². The Hall–Kier alpha value is -4.27. The number of fused-ring (bicyclic) bond motifs is 1. The molecule has 9 nitrogen and oxygen atoms in total. The van der Waals surface area contributed by atoms with Gasteiger partial charge in [-0.05, 0) is 19.1 Å². The minimum atomic E-state index is -0.407. The summed E-state index contributed by atoms with van der Waals surface area (Å²) >= 11 is 0. The van der Waals surface area contributed by atoms with Crippen LogP contribution in [0.3, 0.4) is 0 Å². The normalized spacial score (nSPS) is 14.0. The van der Waals surface area contributed by atoms with Gasteiger partial charge in [0.2, 0.25) is 0 Å². The highest BCUT2D eigenvalue weighted by atomic mass is 16.6. The van der Waals surface area contributed by atoms with Gasteiger partial charge in [0.05, 0.1) is 21.9 Å². The van der Waals surface area contributed by atoms with Crippen molar-refractivity contribution in [1.29, 1.82) is 0 Å². The molecular formula is C24H22N6O3. The van der Waals surface area contributed by atoms with Gasteiger partial charge in [0, 0.05) is 61.8 Å². The Balaban J connectivity index is 1.32. The highest BCUT2D eigenvalue weighted by Gasteiger charge is 2.25. The fraction of sp³-hybridized carbons (Fsp3) is 0.208. The third-order valence-corrected chi connectivity index (χ3v) is 6.02. The number of nitro groups is 1. The predicted octanol–water partition coefficient (Wildman–Crippen LogP) is 3.58. The van der Waals surface area contributed by atoms with Crippen LogP contribution in [0, 0.1) is 17.0 Å². The number of aromatic nitrogens is 3. The number of aryl methyl sites for hydroxylation is 1. The lowest BCUT2D eigenvalue weighted by molar-refractivity contribution is -0.384. The van der Waals surface area contributed by atoms with Crippen molar-refractivity contribution in [1.82, 2.24) is 19.5 Å². The van der Waals surface area contributed by atoms with Crippen molar-refractivity contribution >= 4 is 22.9 Å². The molecule has 1 aliphatic rings. The number of carbonyl (C=O) groups is 1. The number of non-ortho nitro benzene ring substituents is 1. The van der Waals surface area contributed by atoms with E-state index < -0.39 is 4.92 Å². The second-order valence-corrected chi connectivity index (χ2v) is 7.98. The molecule has 1 fully saturated rings. The van der Waals surface area contributed by atoms with E-state index in [1.165, 1.54) is 12.1 Å². The summed E-state index contributed by atoms with van der Waals surface area (Å²) < 4.78 is 1.72. The van der Waals surface area contributed by atoms with Gasteiger partial charge in [0.15, 0.2) is 5.65 Å². The Bertz CT molecular complexity index is 1330. The Morgan fingerprint density at radius 2 is 1.70 bits per heavy atom. The summed E-state index contributed by atoms with van der Waals surface area (Å²) in [5.41, 5.74) is 4.78. The molecular weight excluding hydrogens is 420 g/mol. The van der Waals surface area contributed by atoms with E-state index in [-0.39, 0.29) is 11.6 Å². The highest BCUT2D eigenvalue weighted by Crippen LogP contribution is 2.23. The number of amides is 1. The number of benzene rings is 2. The minimum Gasteiger partial charge on any atom is -0.368 e. The molecule has 0 aliphatic carbocycles. The summed E-state index contributed by atoms with van der Waals surface area (Å²) in [6, 6.07) is 18.3. The number of hydrogen-bond donors (Lipinski definition) is 0. The predicted molar refractivity (Wildman–Crippen MR) is 124 cm³/mol. The zero-order chi connectivity index (χ0) is 22.9. The summed E-state index contributed by atoms with van der Waals surface area (Å²) in [6.45, 7) is 4.30. The SMILES string of the molecule is Cc1c(C(=O)N2CCN(c3ccc([N+](=O)[O-])cc3)CC2)cnc2cc(-c3ccccc3)nn12. The summed E-state index contributed by atoms with van der Waals surface area (Å²) in [7, 11) is 0. The smallest absolute Gasteiger partial charge is 0.269 e. The van der Waals surface area contributed by atoms with Crippen molar-refractivity contribution in [3.63, 3.8) is 0 Å². The van der Waals surface area contributed by atoms with Crippen LogP contribution in [-0.4, -0.2) is 56.5 Å². The molecule has 0 bridgehead atoms. The lowest BCUT2D eigenvalue weighted by atomic mass is 10.1. The first-order chi connectivity index (χ1) is 16.0. The van der Waals surface area contributed by atoms with Crippen LogP contribution in [0.15, 0.2) is 66.9 Å². The van der Waals surface area contributed by atoms with Crippen molar-refractivity contribution in [2.24, 2.45) is 0 Å². The average Bonchev–Trinajstić information content (AvgIpc) is 3.30. The first-order valence-electron chi connectivity index (χ1n) is 10.7. The number of carbonyl (C=O) groups excluding carboxylic acids is 1. The van der Waals surface area contributed by atoms with Gasteiger partial charge in [-0.25, -0.2) is 9.50 Å². The second kappa shape index (κ2) is 8.34. The van der Waals surface area contributed by atoms with Crippen LogP contribution in [0.1, 0.15) is 16.1 Å². The summed E-state index contributed by atoms with van der Waals surface area (Å²) in [6.07, 6.45) is 1.63. The van der Waals surface area contributed by atoms with Crippen LogP contribution in [0.5, 0.6) is 0 Å². The van der Waals surface area contributed by atoms with Crippen LogP contribution in [-0.2, 0) is 0 Å². The maximum Gasteiger partial charge on any atom is 0.269 e. The van der Waals surface area contributed by atoms with E-state index in [2.05, 4.69) is 15.0 Å². The first kappa shape index (κ1) is 20.6. The Morgan fingerprint density at radius 1 is 1.00 bits per heavy atom. The molecule has 2 aromatic heterocycles. The van der Waals surface area contributed by atoms with Crippen molar-refractivity contribution < 1.29 is 9.72 Å². The van der Waals surface area contributed by atoms with E-state index in [0.29, 0.717) is 37.4 Å². The Kier molecular flexibility index (Phi) is 5.21. The van der Waals surface area contributed by atoms with E-state index >= 15 is 0 Å². The molecule has 1 aliphatic heterocycles. The van der Waals surface area contributed by atoms with E-state index in [4.69, 9.17) is 0 Å². The van der Waals surface area contributed by atoms with Gasteiger partial charge in [-0.2, -0.15) is 5.10 Å².